The molecule has 17 heavy (non-hydrogen) atoms. The van der Waals surface area contributed by atoms with Crippen LogP contribution in [0, 0.1) is 0 Å². The Morgan fingerprint density at radius 3 is 1.47 bits per heavy atom. The van der Waals surface area contributed by atoms with Gasteiger partial charge in [0, 0.05) is 0 Å². The Balaban J connectivity index is 3.05. The number of rotatable bonds is 12. The van der Waals surface area contributed by atoms with Gasteiger partial charge in [0.1, 0.15) is 0 Å². The first-order valence-electron chi connectivity index (χ1n) is 7.71. The van der Waals surface area contributed by atoms with Crippen LogP contribution in [0.5, 0.6) is 0 Å². The van der Waals surface area contributed by atoms with E-state index in [0.717, 1.165) is 0 Å². The highest BCUT2D eigenvalue weighted by atomic mass is 13.9. The van der Waals surface area contributed by atoms with Crippen LogP contribution in [0.4, 0.5) is 0 Å². The topological polar surface area (TPSA) is 0 Å². The Hall–Kier alpha value is -0.520. The lowest BCUT2D eigenvalue weighted by molar-refractivity contribution is 0.650. The Morgan fingerprint density at radius 2 is 1.00 bits per heavy atom. The van der Waals surface area contributed by atoms with Gasteiger partial charge in [-0.2, -0.15) is 0 Å². The molecule has 0 bridgehead atoms. The molecule has 0 heterocycles. The second kappa shape index (κ2) is 15.5. The van der Waals surface area contributed by atoms with Crippen molar-refractivity contribution in [3.8, 4) is 0 Å². The molecule has 0 rings (SSSR count). The first-order chi connectivity index (χ1) is 8.41. The molecule has 0 fully saturated rings. The van der Waals surface area contributed by atoms with Crippen molar-refractivity contribution in [1.29, 1.82) is 0 Å². The van der Waals surface area contributed by atoms with Crippen molar-refractivity contribution in [2.24, 2.45) is 0 Å². The summed E-state index contributed by atoms with van der Waals surface area (Å²) in [6.45, 7) is 4.46. The van der Waals surface area contributed by atoms with Gasteiger partial charge in [-0.25, -0.2) is 0 Å². The molecule has 0 nitrogen and oxygen atoms in total. The maximum Gasteiger partial charge on any atom is -0.0351 e. The molecule has 0 aromatic rings. The number of hydrogen-bond donors (Lipinski definition) is 0. The van der Waals surface area contributed by atoms with Crippen molar-refractivity contribution in [3.63, 3.8) is 0 Å². The second-order valence-corrected chi connectivity index (χ2v) is 4.84. The van der Waals surface area contributed by atoms with E-state index in [0.29, 0.717) is 0 Å². The predicted octanol–water partition coefficient (Wildman–Crippen LogP) is 6.43. The number of allylic oxidation sites excluding steroid dienone is 4. The molecule has 0 heteroatoms. The molecule has 0 aliphatic rings. The Kier molecular flexibility index (Phi) is 15.0. The first-order valence-corrected chi connectivity index (χ1v) is 7.71. The third-order valence-electron chi connectivity index (χ3n) is 3.03. The summed E-state index contributed by atoms with van der Waals surface area (Å²) >= 11 is 0. The third kappa shape index (κ3) is 15.5. The lowest BCUT2D eigenvalue weighted by Crippen LogP contribution is -1.77. The van der Waals surface area contributed by atoms with Gasteiger partial charge >= 0.3 is 0 Å². The van der Waals surface area contributed by atoms with Crippen LogP contribution < -0.4 is 0 Å². The maximum absolute atomic E-state index is 2.38. The van der Waals surface area contributed by atoms with E-state index in [1.54, 1.807) is 0 Å². The van der Waals surface area contributed by atoms with Crippen molar-refractivity contribution in [1.82, 2.24) is 0 Å². The van der Waals surface area contributed by atoms with Crippen molar-refractivity contribution in [2.75, 3.05) is 0 Å². The van der Waals surface area contributed by atoms with Gasteiger partial charge in [0.15, 0.2) is 0 Å². The van der Waals surface area contributed by atoms with Gasteiger partial charge < -0.3 is 0 Å². The standard InChI is InChI=1S/C17H32/c1-3-5-7-9-11-13-15-17-16-14-12-10-8-6-4-2/h5,7,12,14H,3-4,6,8-11,13,15-17H2,1-2H3. The van der Waals surface area contributed by atoms with E-state index in [-0.39, 0.29) is 0 Å². The van der Waals surface area contributed by atoms with Gasteiger partial charge in [0.2, 0.25) is 0 Å². The fourth-order valence-corrected chi connectivity index (χ4v) is 1.91. The van der Waals surface area contributed by atoms with Gasteiger partial charge in [-0.3, -0.25) is 0 Å². The van der Waals surface area contributed by atoms with Crippen molar-refractivity contribution in [2.45, 2.75) is 84.5 Å². The molecular formula is C17H32. The van der Waals surface area contributed by atoms with Crippen molar-refractivity contribution >= 4 is 0 Å². The molecule has 0 atom stereocenters. The Labute approximate surface area is 109 Å². The lowest BCUT2D eigenvalue weighted by atomic mass is 10.1. The molecule has 0 spiro atoms. The normalized spacial score (nSPS) is 11.9. The second-order valence-electron chi connectivity index (χ2n) is 4.84. The summed E-state index contributed by atoms with van der Waals surface area (Å²) < 4.78 is 0. The van der Waals surface area contributed by atoms with E-state index in [1.807, 2.05) is 0 Å². The van der Waals surface area contributed by atoms with Crippen LogP contribution >= 0.6 is 0 Å². The molecule has 0 aromatic heterocycles. The van der Waals surface area contributed by atoms with Gasteiger partial charge in [0.25, 0.3) is 0 Å². The first kappa shape index (κ1) is 16.5. The van der Waals surface area contributed by atoms with E-state index in [4.69, 9.17) is 0 Å². The van der Waals surface area contributed by atoms with E-state index in [9.17, 15) is 0 Å². The molecule has 0 aliphatic heterocycles. The summed E-state index contributed by atoms with van der Waals surface area (Å²) in [5.41, 5.74) is 0. The van der Waals surface area contributed by atoms with Gasteiger partial charge in [-0.05, 0) is 44.9 Å². The van der Waals surface area contributed by atoms with Gasteiger partial charge in [0.05, 0.1) is 0 Å². The average Bonchev–Trinajstić information content (AvgIpc) is 2.35. The molecular weight excluding hydrogens is 204 g/mol. The van der Waals surface area contributed by atoms with Gasteiger partial charge in [-0.1, -0.05) is 63.8 Å². The highest BCUT2D eigenvalue weighted by molar-refractivity contribution is 4.81. The van der Waals surface area contributed by atoms with Crippen LogP contribution in [0.25, 0.3) is 0 Å². The fraction of sp³-hybridized carbons (Fsp3) is 0.765. The zero-order valence-corrected chi connectivity index (χ0v) is 12.1. The molecule has 0 N–H and O–H groups in total. The largest absolute Gasteiger partial charge is 0.0888 e. The monoisotopic (exact) mass is 236 g/mol. The van der Waals surface area contributed by atoms with Crippen LogP contribution in [0.1, 0.15) is 84.5 Å². The lowest BCUT2D eigenvalue weighted by Gasteiger charge is -1.97. The van der Waals surface area contributed by atoms with E-state index >= 15 is 0 Å². The summed E-state index contributed by atoms with van der Waals surface area (Å²) in [6.07, 6.45) is 24.0. The average molecular weight is 236 g/mol. The van der Waals surface area contributed by atoms with E-state index in [2.05, 4.69) is 38.2 Å². The third-order valence-corrected chi connectivity index (χ3v) is 3.03. The van der Waals surface area contributed by atoms with Crippen LogP contribution in [0.15, 0.2) is 24.3 Å². The molecule has 0 amide bonds. The summed E-state index contributed by atoms with van der Waals surface area (Å²) in [6, 6.07) is 0. The maximum atomic E-state index is 2.38. The zero-order chi connectivity index (χ0) is 12.6. The minimum atomic E-state index is 1.18. The summed E-state index contributed by atoms with van der Waals surface area (Å²) in [5, 5.41) is 0. The minimum absolute atomic E-state index is 1.18. The van der Waals surface area contributed by atoms with Crippen LogP contribution in [0.2, 0.25) is 0 Å². The number of unbranched alkanes of at least 4 members (excludes halogenated alkanes) is 8. The zero-order valence-electron chi connectivity index (χ0n) is 12.1. The fourth-order valence-electron chi connectivity index (χ4n) is 1.91. The van der Waals surface area contributed by atoms with Crippen LogP contribution in [0.3, 0.4) is 0 Å². The molecule has 0 saturated heterocycles. The minimum Gasteiger partial charge on any atom is -0.0888 e. The summed E-state index contributed by atoms with van der Waals surface area (Å²) in [7, 11) is 0. The molecule has 0 radical (unpaired) electrons. The Morgan fingerprint density at radius 1 is 0.529 bits per heavy atom. The number of hydrogen-bond acceptors (Lipinski definition) is 0. The van der Waals surface area contributed by atoms with E-state index in [1.165, 1.54) is 70.6 Å². The molecule has 0 aliphatic carbocycles. The summed E-state index contributed by atoms with van der Waals surface area (Å²) in [5.74, 6) is 0. The van der Waals surface area contributed by atoms with Crippen molar-refractivity contribution in [3.05, 3.63) is 24.3 Å². The predicted molar refractivity (Wildman–Crippen MR) is 80.4 cm³/mol. The quantitative estimate of drug-likeness (QED) is 0.270. The van der Waals surface area contributed by atoms with E-state index < -0.39 is 0 Å². The smallest absolute Gasteiger partial charge is 0.0351 e. The van der Waals surface area contributed by atoms with Crippen LogP contribution in [-0.2, 0) is 0 Å². The highest BCUT2D eigenvalue weighted by Gasteiger charge is 1.87. The molecule has 0 aromatic carbocycles. The summed E-state index contributed by atoms with van der Waals surface area (Å²) in [4.78, 5) is 0. The Bertz CT molecular complexity index is 176. The molecule has 100 valence electrons. The van der Waals surface area contributed by atoms with Crippen molar-refractivity contribution < 1.29 is 0 Å². The highest BCUT2D eigenvalue weighted by Crippen LogP contribution is 2.07. The molecule has 0 unspecified atom stereocenters. The van der Waals surface area contributed by atoms with Gasteiger partial charge in [-0.15, -0.1) is 0 Å². The van der Waals surface area contributed by atoms with Crippen LogP contribution in [-0.4, -0.2) is 0 Å². The SMILES string of the molecule is CCC=CCCCCCCC=CCCCCC. The molecule has 0 saturated carbocycles.